The molecular formula is C37H39BrO4. The Morgan fingerprint density at radius 2 is 1.48 bits per heavy atom. The molecular weight excluding hydrogens is 588 g/mol. The summed E-state index contributed by atoms with van der Waals surface area (Å²) in [5.41, 5.74) is 9.18. The monoisotopic (exact) mass is 626 g/mol. The third-order valence-corrected chi connectivity index (χ3v) is 9.43. The first-order valence-corrected chi connectivity index (χ1v) is 15.8. The third-order valence-electron chi connectivity index (χ3n) is 8.45. The van der Waals surface area contributed by atoms with Crippen LogP contribution in [0, 0.1) is 0 Å². The SMILES string of the molecule is COc1ccc(Cc2cc(C3CC(OCc4ccccc4)CC(COCc4ccccc4)O3)c3c(c2Br)CCC3)cc1. The second kappa shape index (κ2) is 14.0. The van der Waals surface area contributed by atoms with Crippen LogP contribution >= 0.6 is 15.9 Å². The van der Waals surface area contributed by atoms with Crippen molar-refractivity contribution in [3.05, 3.63) is 134 Å². The van der Waals surface area contributed by atoms with Crippen LogP contribution in [0.25, 0.3) is 0 Å². The number of halogens is 1. The number of rotatable bonds is 11. The normalized spacial score (nSPS) is 19.9. The topological polar surface area (TPSA) is 36.9 Å². The van der Waals surface area contributed by atoms with Crippen LogP contribution in [0.5, 0.6) is 5.75 Å². The van der Waals surface area contributed by atoms with Gasteiger partial charge in [0, 0.05) is 17.3 Å². The summed E-state index contributed by atoms with van der Waals surface area (Å²) in [7, 11) is 1.71. The zero-order valence-electron chi connectivity index (χ0n) is 24.3. The van der Waals surface area contributed by atoms with Gasteiger partial charge in [-0.15, -0.1) is 0 Å². The van der Waals surface area contributed by atoms with Gasteiger partial charge < -0.3 is 18.9 Å². The van der Waals surface area contributed by atoms with E-state index in [0.717, 1.165) is 37.9 Å². The molecule has 6 rings (SSSR count). The molecule has 4 aromatic rings. The van der Waals surface area contributed by atoms with Crippen LogP contribution in [0.2, 0.25) is 0 Å². The number of fused-ring (bicyclic) bond motifs is 1. The highest BCUT2D eigenvalue weighted by Crippen LogP contribution is 2.42. The second-order valence-electron chi connectivity index (χ2n) is 11.4. The van der Waals surface area contributed by atoms with Crippen LogP contribution in [-0.4, -0.2) is 25.9 Å². The Morgan fingerprint density at radius 3 is 2.19 bits per heavy atom. The van der Waals surface area contributed by atoms with E-state index in [1.807, 2.05) is 24.3 Å². The molecule has 3 atom stereocenters. The molecule has 218 valence electrons. The molecule has 0 N–H and O–H groups in total. The van der Waals surface area contributed by atoms with Gasteiger partial charge in [-0.25, -0.2) is 0 Å². The molecule has 0 radical (unpaired) electrons. The predicted molar refractivity (Wildman–Crippen MR) is 170 cm³/mol. The van der Waals surface area contributed by atoms with E-state index in [9.17, 15) is 0 Å². The van der Waals surface area contributed by atoms with Gasteiger partial charge in [0.15, 0.2) is 0 Å². The van der Waals surface area contributed by atoms with Crippen LogP contribution in [0.15, 0.2) is 95.5 Å². The fraction of sp³-hybridized carbons (Fsp3) is 0.351. The summed E-state index contributed by atoms with van der Waals surface area (Å²) >= 11 is 4.00. The Hall–Kier alpha value is -2.96. The summed E-state index contributed by atoms with van der Waals surface area (Å²) in [5, 5.41) is 0. The van der Waals surface area contributed by atoms with E-state index in [2.05, 4.69) is 82.7 Å². The Morgan fingerprint density at radius 1 is 0.786 bits per heavy atom. The lowest BCUT2D eigenvalue weighted by Gasteiger charge is -2.36. The molecule has 1 aliphatic heterocycles. The second-order valence-corrected chi connectivity index (χ2v) is 12.2. The van der Waals surface area contributed by atoms with Crippen LogP contribution in [0.3, 0.4) is 0 Å². The Bertz CT molecular complexity index is 1440. The van der Waals surface area contributed by atoms with Gasteiger partial charge in [0.1, 0.15) is 5.75 Å². The molecule has 1 heterocycles. The van der Waals surface area contributed by atoms with E-state index < -0.39 is 0 Å². The maximum atomic E-state index is 6.86. The molecule has 1 fully saturated rings. The minimum Gasteiger partial charge on any atom is -0.497 e. The molecule has 0 spiro atoms. The number of benzene rings is 4. The Balaban J connectivity index is 1.24. The van der Waals surface area contributed by atoms with Crippen molar-refractivity contribution in [2.45, 2.75) is 70.1 Å². The molecule has 4 nitrogen and oxygen atoms in total. The standard InChI is InChI=1S/C37H39BrO4/c1-39-30-17-15-26(16-18-30)19-29-20-35(33-13-8-14-34(33)37(29)38)36-22-31(41-24-28-11-6-3-7-12-28)21-32(42-36)25-40-23-27-9-4-2-5-10-27/h2-7,9-12,15-18,20,31-32,36H,8,13-14,19,21-25H2,1H3. The number of ether oxygens (including phenoxy) is 4. The van der Waals surface area contributed by atoms with Gasteiger partial charge in [-0.2, -0.15) is 0 Å². The van der Waals surface area contributed by atoms with E-state index in [4.69, 9.17) is 18.9 Å². The first-order valence-electron chi connectivity index (χ1n) is 15.0. The highest BCUT2D eigenvalue weighted by molar-refractivity contribution is 9.10. The molecule has 1 aliphatic carbocycles. The first-order chi connectivity index (χ1) is 20.7. The average molecular weight is 628 g/mol. The zero-order valence-corrected chi connectivity index (χ0v) is 25.9. The quantitative estimate of drug-likeness (QED) is 0.167. The van der Waals surface area contributed by atoms with Crippen molar-refractivity contribution in [1.82, 2.24) is 0 Å². The minimum absolute atomic E-state index is 0.0283. The van der Waals surface area contributed by atoms with E-state index in [0.29, 0.717) is 19.8 Å². The average Bonchev–Trinajstić information content (AvgIpc) is 3.53. The zero-order chi connectivity index (χ0) is 28.7. The summed E-state index contributed by atoms with van der Waals surface area (Å²) in [6.07, 6.45) is 5.94. The fourth-order valence-electron chi connectivity index (χ4n) is 6.30. The largest absolute Gasteiger partial charge is 0.497 e. The molecule has 1 saturated heterocycles. The maximum Gasteiger partial charge on any atom is 0.118 e. The lowest BCUT2D eigenvalue weighted by Crippen LogP contribution is -2.36. The summed E-state index contributed by atoms with van der Waals surface area (Å²) < 4.78 is 26.2. The van der Waals surface area contributed by atoms with E-state index in [1.165, 1.54) is 49.8 Å². The van der Waals surface area contributed by atoms with Crippen LogP contribution in [0.4, 0.5) is 0 Å². The lowest BCUT2D eigenvalue weighted by molar-refractivity contribution is -0.142. The van der Waals surface area contributed by atoms with Crippen LogP contribution < -0.4 is 4.74 Å². The summed E-state index contributed by atoms with van der Waals surface area (Å²) in [6.45, 7) is 1.74. The van der Waals surface area contributed by atoms with Gasteiger partial charge in [-0.05, 0) is 76.8 Å². The molecule has 0 aromatic heterocycles. The number of methoxy groups -OCH3 is 1. The van der Waals surface area contributed by atoms with Crippen molar-refractivity contribution >= 4 is 15.9 Å². The van der Waals surface area contributed by atoms with Crippen molar-refractivity contribution in [3.8, 4) is 5.75 Å². The maximum absolute atomic E-state index is 6.86. The van der Waals surface area contributed by atoms with Crippen molar-refractivity contribution in [2.75, 3.05) is 13.7 Å². The molecule has 0 bridgehead atoms. The fourth-order valence-corrected chi connectivity index (χ4v) is 6.99. The lowest BCUT2D eigenvalue weighted by atomic mass is 9.89. The first kappa shape index (κ1) is 29.1. The number of hydrogen-bond donors (Lipinski definition) is 0. The molecule has 5 heteroatoms. The van der Waals surface area contributed by atoms with Gasteiger partial charge in [0.2, 0.25) is 0 Å². The smallest absolute Gasteiger partial charge is 0.118 e. The van der Waals surface area contributed by atoms with Crippen LogP contribution in [0.1, 0.15) is 64.3 Å². The summed E-state index contributed by atoms with van der Waals surface area (Å²) in [5.74, 6) is 0.880. The van der Waals surface area contributed by atoms with E-state index in [1.54, 1.807) is 7.11 Å². The van der Waals surface area contributed by atoms with Crippen molar-refractivity contribution < 1.29 is 18.9 Å². The molecule has 4 aromatic carbocycles. The van der Waals surface area contributed by atoms with Crippen molar-refractivity contribution in [3.63, 3.8) is 0 Å². The predicted octanol–water partition coefficient (Wildman–Crippen LogP) is 8.56. The van der Waals surface area contributed by atoms with E-state index in [-0.39, 0.29) is 18.3 Å². The summed E-state index contributed by atoms with van der Waals surface area (Å²) in [4.78, 5) is 0. The third kappa shape index (κ3) is 7.15. The Labute approximate surface area is 258 Å². The van der Waals surface area contributed by atoms with Gasteiger partial charge in [-0.3, -0.25) is 0 Å². The molecule has 3 unspecified atom stereocenters. The van der Waals surface area contributed by atoms with Gasteiger partial charge in [0.25, 0.3) is 0 Å². The molecule has 0 saturated carbocycles. The highest BCUT2D eigenvalue weighted by Gasteiger charge is 2.34. The summed E-state index contributed by atoms with van der Waals surface area (Å²) in [6, 6.07) is 31.6. The minimum atomic E-state index is -0.0287. The van der Waals surface area contributed by atoms with E-state index >= 15 is 0 Å². The van der Waals surface area contributed by atoms with Gasteiger partial charge in [0.05, 0.1) is 45.2 Å². The molecule has 0 amide bonds. The van der Waals surface area contributed by atoms with Gasteiger partial charge in [-0.1, -0.05) is 94.8 Å². The number of hydrogen-bond acceptors (Lipinski definition) is 4. The van der Waals surface area contributed by atoms with Gasteiger partial charge >= 0.3 is 0 Å². The Kier molecular flexibility index (Phi) is 9.71. The molecule has 42 heavy (non-hydrogen) atoms. The van der Waals surface area contributed by atoms with Crippen molar-refractivity contribution in [2.24, 2.45) is 0 Å². The highest BCUT2D eigenvalue weighted by atomic mass is 79.9. The van der Waals surface area contributed by atoms with Crippen LogP contribution in [-0.2, 0) is 46.7 Å². The van der Waals surface area contributed by atoms with Crippen molar-refractivity contribution in [1.29, 1.82) is 0 Å². The molecule has 2 aliphatic rings.